The number of nitrogens with one attached hydrogen (secondary N) is 1. The predicted molar refractivity (Wildman–Crippen MR) is 105 cm³/mol. The van der Waals surface area contributed by atoms with Gasteiger partial charge < -0.3 is 10.2 Å². The maximum absolute atomic E-state index is 12.9. The van der Waals surface area contributed by atoms with Gasteiger partial charge in [-0.25, -0.2) is 0 Å². The number of carbonyl (C=O) groups is 2. The Morgan fingerprint density at radius 2 is 1.72 bits per heavy atom. The van der Waals surface area contributed by atoms with E-state index >= 15 is 0 Å². The summed E-state index contributed by atoms with van der Waals surface area (Å²) < 4.78 is 0. The highest BCUT2D eigenvalue weighted by molar-refractivity contribution is 7.16. The van der Waals surface area contributed by atoms with Crippen LogP contribution in [0, 0.1) is 30.6 Å². The molecule has 0 saturated heterocycles. The highest BCUT2D eigenvalue weighted by atomic mass is 32.1. The fourth-order valence-electron chi connectivity index (χ4n) is 3.70. The van der Waals surface area contributed by atoms with E-state index in [1.54, 1.807) is 4.90 Å². The Kier molecular flexibility index (Phi) is 5.39. The van der Waals surface area contributed by atoms with Crippen LogP contribution in [0.25, 0.3) is 0 Å². The molecule has 1 aromatic heterocycles. The average Bonchev–Trinajstić information content (AvgIpc) is 2.75. The second kappa shape index (κ2) is 6.75. The van der Waals surface area contributed by atoms with Gasteiger partial charge in [0.2, 0.25) is 5.91 Å². The minimum atomic E-state index is -0.0246. The molecule has 4 nitrogen and oxygen atoms in total. The van der Waals surface area contributed by atoms with Gasteiger partial charge in [-0.15, -0.1) is 11.3 Å². The SMILES string of the molecule is CCCCN(C)C(=O)c1c(NC(=O)C2C(C)(C)C2(C)C)sc(C)c1C. The van der Waals surface area contributed by atoms with E-state index in [9.17, 15) is 9.59 Å². The number of unbranched alkanes of at least 4 members (excludes halogenated alkanes) is 1. The summed E-state index contributed by atoms with van der Waals surface area (Å²) >= 11 is 1.50. The summed E-state index contributed by atoms with van der Waals surface area (Å²) in [6.45, 7) is 15.3. The van der Waals surface area contributed by atoms with Crippen molar-refractivity contribution in [3.05, 3.63) is 16.0 Å². The van der Waals surface area contributed by atoms with Gasteiger partial charge in [0.15, 0.2) is 0 Å². The van der Waals surface area contributed by atoms with Crippen molar-refractivity contribution in [2.24, 2.45) is 16.7 Å². The van der Waals surface area contributed by atoms with Crippen molar-refractivity contribution < 1.29 is 9.59 Å². The highest BCUT2D eigenvalue weighted by Gasteiger charge is 2.68. The molecule has 1 fully saturated rings. The molecule has 140 valence electrons. The lowest BCUT2D eigenvalue weighted by molar-refractivity contribution is -0.118. The van der Waals surface area contributed by atoms with Crippen molar-refractivity contribution in [3.63, 3.8) is 0 Å². The third-order valence-electron chi connectivity index (χ3n) is 6.31. The molecule has 1 aromatic rings. The summed E-state index contributed by atoms with van der Waals surface area (Å²) in [5.74, 6) is 0.00455. The third kappa shape index (κ3) is 3.35. The van der Waals surface area contributed by atoms with Gasteiger partial charge >= 0.3 is 0 Å². The van der Waals surface area contributed by atoms with Crippen LogP contribution in [0.15, 0.2) is 0 Å². The van der Waals surface area contributed by atoms with E-state index in [1.165, 1.54) is 11.3 Å². The third-order valence-corrected chi connectivity index (χ3v) is 7.44. The zero-order chi connectivity index (χ0) is 19.2. The first kappa shape index (κ1) is 20.0. The van der Waals surface area contributed by atoms with Crippen molar-refractivity contribution in [1.82, 2.24) is 4.90 Å². The lowest BCUT2D eigenvalue weighted by Gasteiger charge is -2.18. The van der Waals surface area contributed by atoms with Gasteiger partial charge in [0.1, 0.15) is 5.00 Å². The number of hydrogen-bond donors (Lipinski definition) is 1. The lowest BCUT2D eigenvalue weighted by Crippen LogP contribution is -2.29. The molecule has 1 aliphatic rings. The first-order valence-electron chi connectivity index (χ1n) is 9.13. The van der Waals surface area contributed by atoms with Crippen LogP contribution in [0.4, 0.5) is 5.00 Å². The van der Waals surface area contributed by atoms with Crippen LogP contribution >= 0.6 is 11.3 Å². The van der Waals surface area contributed by atoms with Gasteiger partial charge in [0, 0.05) is 24.4 Å². The molecule has 1 saturated carbocycles. The van der Waals surface area contributed by atoms with Crippen LogP contribution in [-0.2, 0) is 4.79 Å². The molecule has 2 amide bonds. The topological polar surface area (TPSA) is 49.4 Å². The Morgan fingerprint density at radius 1 is 1.16 bits per heavy atom. The maximum atomic E-state index is 12.9. The first-order chi connectivity index (χ1) is 11.5. The summed E-state index contributed by atoms with van der Waals surface area (Å²) in [5, 5.41) is 3.77. The maximum Gasteiger partial charge on any atom is 0.256 e. The number of amides is 2. The molecule has 0 aliphatic heterocycles. The Labute approximate surface area is 156 Å². The van der Waals surface area contributed by atoms with Crippen molar-refractivity contribution in [2.45, 2.75) is 61.3 Å². The molecule has 0 unspecified atom stereocenters. The van der Waals surface area contributed by atoms with Gasteiger partial charge in [-0.1, -0.05) is 41.0 Å². The largest absolute Gasteiger partial charge is 0.342 e. The van der Waals surface area contributed by atoms with E-state index < -0.39 is 0 Å². The fraction of sp³-hybridized carbons (Fsp3) is 0.700. The summed E-state index contributed by atoms with van der Waals surface area (Å²) in [4.78, 5) is 28.6. The van der Waals surface area contributed by atoms with E-state index in [0.717, 1.165) is 29.8 Å². The van der Waals surface area contributed by atoms with Gasteiger partial charge in [0.25, 0.3) is 5.91 Å². The molecule has 0 bridgehead atoms. The van der Waals surface area contributed by atoms with Crippen molar-refractivity contribution in [2.75, 3.05) is 18.9 Å². The van der Waals surface area contributed by atoms with Gasteiger partial charge in [-0.05, 0) is 36.7 Å². The molecular weight excluding hydrogens is 332 g/mol. The molecule has 25 heavy (non-hydrogen) atoms. The number of carbonyl (C=O) groups excluding carboxylic acids is 2. The van der Waals surface area contributed by atoms with E-state index in [0.29, 0.717) is 10.6 Å². The molecule has 0 aromatic carbocycles. The monoisotopic (exact) mass is 364 g/mol. The summed E-state index contributed by atoms with van der Waals surface area (Å²) in [6, 6.07) is 0. The van der Waals surface area contributed by atoms with Crippen LogP contribution in [0.1, 0.15) is 68.3 Å². The van der Waals surface area contributed by atoms with E-state index in [-0.39, 0.29) is 28.6 Å². The van der Waals surface area contributed by atoms with Crippen LogP contribution in [-0.4, -0.2) is 30.3 Å². The zero-order valence-electron chi connectivity index (χ0n) is 16.9. The quantitative estimate of drug-likeness (QED) is 0.784. The molecule has 1 heterocycles. The zero-order valence-corrected chi connectivity index (χ0v) is 17.7. The van der Waals surface area contributed by atoms with Crippen molar-refractivity contribution in [3.8, 4) is 0 Å². The van der Waals surface area contributed by atoms with Gasteiger partial charge in [-0.3, -0.25) is 9.59 Å². The molecule has 0 radical (unpaired) electrons. The smallest absolute Gasteiger partial charge is 0.256 e. The van der Waals surface area contributed by atoms with Crippen LogP contribution in [0.5, 0.6) is 0 Å². The fourth-order valence-corrected chi connectivity index (χ4v) is 4.75. The Balaban J connectivity index is 2.24. The molecule has 0 atom stereocenters. The van der Waals surface area contributed by atoms with Crippen LogP contribution < -0.4 is 5.32 Å². The Bertz CT molecular complexity index is 674. The van der Waals surface area contributed by atoms with E-state index in [4.69, 9.17) is 0 Å². The van der Waals surface area contributed by atoms with E-state index in [1.807, 2.05) is 20.9 Å². The minimum Gasteiger partial charge on any atom is -0.342 e. The van der Waals surface area contributed by atoms with Gasteiger partial charge in [0.05, 0.1) is 5.56 Å². The molecular formula is C20H32N2O2S. The minimum absolute atomic E-state index is 0.0000765. The molecule has 2 rings (SSSR count). The van der Waals surface area contributed by atoms with Crippen LogP contribution in [0.2, 0.25) is 0 Å². The number of thiophene rings is 1. The van der Waals surface area contributed by atoms with E-state index in [2.05, 4.69) is 39.9 Å². The van der Waals surface area contributed by atoms with Crippen molar-refractivity contribution >= 4 is 28.2 Å². The molecule has 0 spiro atoms. The van der Waals surface area contributed by atoms with Crippen molar-refractivity contribution in [1.29, 1.82) is 0 Å². The summed E-state index contributed by atoms with van der Waals surface area (Å²) in [6.07, 6.45) is 2.03. The molecule has 5 heteroatoms. The summed E-state index contributed by atoms with van der Waals surface area (Å²) in [5.41, 5.74) is 1.61. The number of hydrogen-bond acceptors (Lipinski definition) is 3. The number of nitrogens with zero attached hydrogens (tertiary/aromatic N) is 1. The Hall–Kier alpha value is -1.36. The molecule has 1 N–H and O–H groups in total. The Morgan fingerprint density at radius 3 is 2.20 bits per heavy atom. The number of aryl methyl sites for hydroxylation is 1. The standard InChI is InChI=1S/C20H32N2O2S/c1-9-10-11-22(8)18(24)14-12(2)13(3)25-17(14)21-16(23)15-19(4,5)20(15,6)7/h15H,9-11H2,1-8H3,(H,21,23). The highest BCUT2D eigenvalue weighted by Crippen LogP contribution is 2.68. The van der Waals surface area contributed by atoms with Crippen LogP contribution in [0.3, 0.4) is 0 Å². The van der Waals surface area contributed by atoms with Gasteiger partial charge in [-0.2, -0.15) is 0 Å². The second-order valence-corrected chi connectivity index (χ2v) is 9.66. The second-order valence-electron chi connectivity index (χ2n) is 8.43. The molecule has 1 aliphatic carbocycles. The first-order valence-corrected chi connectivity index (χ1v) is 9.94. The lowest BCUT2D eigenvalue weighted by atomic mass is 10.0. The predicted octanol–water partition coefficient (Wildman–Crippen LogP) is 4.86. The average molecular weight is 365 g/mol. The normalized spacial score (nSPS) is 18.1. The summed E-state index contributed by atoms with van der Waals surface area (Å²) in [7, 11) is 1.84. The number of rotatable bonds is 6. The number of anilines is 1.